The van der Waals surface area contributed by atoms with Crippen LogP contribution in [0.25, 0.3) is 0 Å². The molecule has 0 aromatic carbocycles. The Morgan fingerprint density at radius 1 is 1.57 bits per heavy atom. The molecule has 1 N–H and O–H groups in total. The van der Waals surface area contributed by atoms with Gasteiger partial charge in [0.05, 0.1) is 3.74 Å². The maximum atomic E-state index is 3.33. The first-order chi connectivity index (χ1) is 3.27. The van der Waals surface area contributed by atoms with E-state index in [1.54, 1.807) is 0 Å². The maximum absolute atomic E-state index is 3.33. The predicted octanol–water partition coefficient (Wildman–Crippen LogP) is 1.71. The highest BCUT2D eigenvalue weighted by Crippen LogP contribution is 2.04. The van der Waals surface area contributed by atoms with Gasteiger partial charge in [0.25, 0.3) is 0 Å². The summed E-state index contributed by atoms with van der Waals surface area (Å²) >= 11 is 6.66. The summed E-state index contributed by atoms with van der Waals surface area (Å²) in [5, 5.41) is 3.15. The summed E-state index contributed by atoms with van der Waals surface area (Å²) in [5.41, 5.74) is 0. The minimum absolute atomic E-state index is 0.417. The van der Waals surface area contributed by atoms with Crippen molar-refractivity contribution in [2.75, 3.05) is 13.1 Å². The lowest BCUT2D eigenvalue weighted by Crippen LogP contribution is -2.18. The lowest BCUT2D eigenvalue weighted by Gasteiger charge is -1.98. The SMILES string of the molecule is CCNCC(Br)Br. The highest BCUT2D eigenvalue weighted by molar-refractivity contribution is 9.24. The van der Waals surface area contributed by atoms with E-state index in [4.69, 9.17) is 0 Å². The van der Waals surface area contributed by atoms with Crippen molar-refractivity contribution in [2.24, 2.45) is 0 Å². The molecule has 0 unspecified atom stereocenters. The maximum Gasteiger partial charge on any atom is 0.0821 e. The Bertz CT molecular complexity index is 38.7. The van der Waals surface area contributed by atoms with Crippen LogP contribution in [0.2, 0.25) is 0 Å². The zero-order valence-electron chi connectivity index (χ0n) is 4.25. The largest absolute Gasteiger partial charge is 0.315 e. The van der Waals surface area contributed by atoms with Crippen molar-refractivity contribution >= 4 is 31.9 Å². The second-order valence-corrected chi connectivity index (χ2v) is 4.64. The summed E-state index contributed by atoms with van der Waals surface area (Å²) in [6, 6.07) is 0. The second kappa shape index (κ2) is 5.06. The third-order valence-electron chi connectivity index (χ3n) is 0.549. The molecule has 0 aromatic rings. The molecule has 0 saturated carbocycles. The van der Waals surface area contributed by atoms with Crippen LogP contribution in [0.4, 0.5) is 0 Å². The van der Waals surface area contributed by atoms with E-state index >= 15 is 0 Å². The van der Waals surface area contributed by atoms with Crippen LogP contribution in [-0.2, 0) is 0 Å². The summed E-state index contributed by atoms with van der Waals surface area (Å²) in [7, 11) is 0. The standard InChI is InChI=1S/C4H9Br2N/c1-2-7-3-4(5)6/h4,7H,2-3H2,1H3. The summed E-state index contributed by atoms with van der Waals surface area (Å²) in [6.45, 7) is 4.10. The average molecular weight is 231 g/mol. The Morgan fingerprint density at radius 3 is 2.29 bits per heavy atom. The molecule has 0 saturated heterocycles. The zero-order chi connectivity index (χ0) is 5.70. The van der Waals surface area contributed by atoms with Gasteiger partial charge >= 0.3 is 0 Å². The smallest absolute Gasteiger partial charge is 0.0821 e. The Hall–Kier alpha value is 0.920. The van der Waals surface area contributed by atoms with Crippen LogP contribution in [-0.4, -0.2) is 16.8 Å². The molecule has 0 radical (unpaired) electrons. The summed E-state index contributed by atoms with van der Waals surface area (Å²) in [4.78, 5) is 0. The van der Waals surface area contributed by atoms with E-state index < -0.39 is 0 Å². The van der Waals surface area contributed by atoms with Crippen molar-refractivity contribution in [3.8, 4) is 0 Å². The van der Waals surface area contributed by atoms with Crippen LogP contribution in [0.15, 0.2) is 0 Å². The first kappa shape index (κ1) is 7.92. The highest BCUT2D eigenvalue weighted by Gasteiger charge is 1.91. The Labute approximate surface area is 61.1 Å². The van der Waals surface area contributed by atoms with Gasteiger partial charge in [-0.2, -0.15) is 0 Å². The van der Waals surface area contributed by atoms with Gasteiger partial charge in [-0.1, -0.05) is 38.8 Å². The van der Waals surface area contributed by atoms with Crippen molar-refractivity contribution in [2.45, 2.75) is 10.7 Å². The van der Waals surface area contributed by atoms with Gasteiger partial charge in [0.2, 0.25) is 0 Å². The number of alkyl halides is 2. The Balaban J connectivity index is 2.68. The first-order valence-corrected chi connectivity index (χ1v) is 4.09. The second-order valence-electron chi connectivity index (χ2n) is 1.20. The molecule has 1 nitrogen and oxygen atoms in total. The minimum atomic E-state index is 0.417. The van der Waals surface area contributed by atoms with Crippen molar-refractivity contribution in [1.29, 1.82) is 0 Å². The summed E-state index contributed by atoms with van der Waals surface area (Å²) < 4.78 is 0.417. The molecule has 0 fully saturated rings. The van der Waals surface area contributed by atoms with Crippen molar-refractivity contribution in [3.63, 3.8) is 0 Å². The molecule has 0 amide bonds. The minimum Gasteiger partial charge on any atom is -0.315 e. The molecule has 0 aliphatic heterocycles. The van der Waals surface area contributed by atoms with E-state index in [0.29, 0.717) is 3.74 Å². The molecule has 0 spiro atoms. The van der Waals surface area contributed by atoms with Crippen LogP contribution in [0.1, 0.15) is 6.92 Å². The van der Waals surface area contributed by atoms with Gasteiger partial charge in [0.1, 0.15) is 0 Å². The molecular weight excluding hydrogens is 222 g/mol. The van der Waals surface area contributed by atoms with Gasteiger partial charge in [0.15, 0.2) is 0 Å². The third-order valence-corrected chi connectivity index (χ3v) is 1.20. The van der Waals surface area contributed by atoms with Crippen molar-refractivity contribution in [1.82, 2.24) is 5.32 Å². The third kappa shape index (κ3) is 6.92. The van der Waals surface area contributed by atoms with Gasteiger partial charge in [-0.15, -0.1) is 0 Å². The number of rotatable bonds is 3. The molecule has 0 aliphatic rings. The van der Waals surface area contributed by atoms with Gasteiger partial charge in [-0.25, -0.2) is 0 Å². The van der Waals surface area contributed by atoms with E-state index in [1.807, 2.05) is 0 Å². The number of hydrogen-bond donors (Lipinski definition) is 1. The molecule has 44 valence electrons. The van der Waals surface area contributed by atoms with Crippen LogP contribution >= 0.6 is 31.9 Å². The predicted molar refractivity (Wildman–Crippen MR) is 40.2 cm³/mol. The monoisotopic (exact) mass is 229 g/mol. The number of hydrogen-bond acceptors (Lipinski definition) is 1. The van der Waals surface area contributed by atoms with Crippen LogP contribution < -0.4 is 5.32 Å². The van der Waals surface area contributed by atoms with E-state index in [-0.39, 0.29) is 0 Å². The normalized spacial score (nSPS) is 10.3. The molecule has 3 heteroatoms. The van der Waals surface area contributed by atoms with Gasteiger partial charge in [0, 0.05) is 6.54 Å². The fraction of sp³-hybridized carbons (Fsp3) is 1.00. The molecule has 0 atom stereocenters. The molecule has 0 rings (SSSR count). The number of halogens is 2. The van der Waals surface area contributed by atoms with Gasteiger partial charge in [-0.05, 0) is 6.54 Å². The molecule has 7 heavy (non-hydrogen) atoms. The molecular formula is C4H9Br2N. The van der Waals surface area contributed by atoms with Crippen LogP contribution in [0.5, 0.6) is 0 Å². The lowest BCUT2D eigenvalue weighted by molar-refractivity contribution is 0.761. The Kier molecular flexibility index (Phi) is 5.73. The fourth-order valence-electron chi connectivity index (χ4n) is 0.253. The van der Waals surface area contributed by atoms with Gasteiger partial charge in [-0.3, -0.25) is 0 Å². The Morgan fingerprint density at radius 2 is 2.14 bits per heavy atom. The summed E-state index contributed by atoms with van der Waals surface area (Å²) in [6.07, 6.45) is 0. The highest BCUT2D eigenvalue weighted by atomic mass is 79.9. The first-order valence-electron chi connectivity index (χ1n) is 2.26. The van der Waals surface area contributed by atoms with E-state index in [1.165, 1.54) is 0 Å². The topological polar surface area (TPSA) is 12.0 Å². The molecule has 0 heterocycles. The number of nitrogens with one attached hydrogen (secondary N) is 1. The quantitative estimate of drug-likeness (QED) is 0.729. The van der Waals surface area contributed by atoms with Gasteiger partial charge < -0.3 is 5.32 Å². The van der Waals surface area contributed by atoms with E-state index in [2.05, 4.69) is 44.1 Å². The summed E-state index contributed by atoms with van der Waals surface area (Å²) in [5.74, 6) is 0. The van der Waals surface area contributed by atoms with Crippen LogP contribution in [0, 0.1) is 0 Å². The fourth-order valence-corrected chi connectivity index (χ4v) is 0.711. The molecule has 0 aromatic heterocycles. The van der Waals surface area contributed by atoms with E-state index in [0.717, 1.165) is 13.1 Å². The molecule has 0 aliphatic carbocycles. The average Bonchev–Trinajstić information content (AvgIpc) is 1.61. The lowest BCUT2D eigenvalue weighted by atomic mass is 10.7. The van der Waals surface area contributed by atoms with Crippen molar-refractivity contribution in [3.05, 3.63) is 0 Å². The van der Waals surface area contributed by atoms with Crippen molar-refractivity contribution < 1.29 is 0 Å². The van der Waals surface area contributed by atoms with E-state index in [9.17, 15) is 0 Å². The zero-order valence-corrected chi connectivity index (χ0v) is 7.42. The molecule has 0 bridgehead atoms. The van der Waals surface area contributed by atoms with Crippen LogP contribution in [0.3, 0.4) is 0 Å².